The first-order valence-electron chi connectivity index (χ1n) is 6.24. The SMILES string of the molecule is O=C(COc1ccc(Cl)cc1C=NO)Nc1ccccc1F. The van der Waals surface area contributed by atoms with Crippen LogP contribution < -0.4 is 10.1 Å². The van der Waals surface area contributed by atoms with Crippen LogP contribution in [0.1, 0.15) is 5.56 Å². The largest absolute Gasteiger partial charge is 0.483 e. The van der Waals surface area contributed by atoms with Crippen LogP contribution in [0.5, 0.6) is 5.75 Å². The molecular formula is C15H12ClFN2O3. The van der Waals surface area contributed by atoms with Gasteiger partial charge in [-0.3, -0.25) is 4.79 Å². The highest BCUT2D eigenvalue weighted by Crippen LogP contribution is 2.21. The Morgan fingerprint density at radius 2 is 2.14 bits per heavy atom. The average molecular weight is 323 g/mol. The zero-order valence-corrected chi connectivity index (χ0v) is 12.0. The van der Waals surface area contributed by atoms with E-state index in [1.165, 1.54) is 30.3 Å². The Morgan fingerprint density at radius 1 is 1.36 bits per heavy atom. The number of oxime groups is 1. The van der Waals surface area contributed by atoms with E-state index in [4.69, 9.17) is 21.5 Å². The van der Waals surface area contributed by atoms with Crippen LogP contribution in [0.4, 0.5) is 10.1 Å². The van der Waals surface area contributed by atoms with Crippen molar-refractivity contribution in [1.82, 2.24) is 0 Å². The van der Waals surface area contributed by atoms with Crippen molar-refractivity contribution in [2.45, 2.75) is 0 Å². The summed E-state index contributed by atoms with van der Waals surface area (Å²) in [6, 6.07) is 10.4. The molecule has 0 radical (unpaired) electrons. The van der Waals surface area contributed by atoms with Gasteiger partial charge in [0.25, 0.3) is 5.91 Å². The monoisotopic (exact) mass is 322 g/mol. The Hall–Kier alpha value is -2.60. The van der Waals surface area contributed by atoms with Crippen LogP contribution >= 0.6 is 11.6 Å². The first-order valence-corrected chi connectivity index (χ1v) is 6.62. The molecule has 0 fully saturated rings. The second kappa shape index (κ2) is 7.42. The molecule has 0 bridgehead atoms. The minimum atomic E-state index is -0.532. The molecule has 2 rings (SSSR count). The Morgan fingerprint density at radius 3 is 2.86 bits per heavy atom. The van der Waals surface area contributed by atoms with Crippen molar-refractivity contribution in [2.24, 2.45) is 5.16 Å². The van der Waals surface area contributed by atoms with E-state index in [1.54, 1.807) is 12.1 Å². The van der Waals surface area contributed by atoms with Crippen molar-refractivity contribution in [1.29, 1.82) is 0 Å². The second-order valence-corrected chi connectivity index (χ2v) is 4.68. The maximum Gasteiger partial charge on any atom is 0.262 e. The number of hydrogen-bond donors (Lipinski definition) is 2. The molecular weight excluding hydrogens is 311 g/mol. The van der Waals surface area contributed by atoms with E-state index in [2.05, 4.69) is 10.5 Å². The summed E-state index contributed by atoms with van der Waals surface area (Å²) in [5.74, 6) is -0.742. The number of hydrogen-bond acceptors (Lipinski definition) is 4. The highest BCUT2D eigenvalue weighted by molar-refractivity contribution is 6.30. The van der Waals surface area contributed by atoms with Gasteiger partial charge in [0.1, 0.15) is 11.6 Å². The quantitative estimate of drug-likeness (QED) is 0.504. The van der Waals surface area contributed by atoms with Crippen LogP contribution in [0.25, 0.3) is 0 Å². The van der Waals surface area contributed by atoms with Gasteiger partial charge >= 0.3 is 0 Å². The summed E-state index contributed by atoms with van der Waals surface area (Å²) in [7, 11) is 0. The van der Waals surface area contributed by atoms with Crippen molar-refractivity contribution in [2.75, 3.05) is 11.9 Å². The first-order chi connectivity index (χ1) is 10.6. The molecule has 0 aliphatic carbocycles. The number of benzene rings is 2. The summed E-state index contributed by atoms with van der Waals surface area (Å²) in [5.41, 5.74) is 0.484. The van der Waals surface area contributed by atoms with Crippen molar-refractivity contribution in [3.8, 4) is 5.75 Å². The van der Waals surface area contributed by atoms with E-state index in [0.29, 0.717) is 16.3 Å². The molecule has 0 saturated heterocycles. The average Bonchev–Trinajstić information content (AvgIpc) is 2.49. The summed E-state index contributed by atoms with van der Waals surface area (Å²) in [6.45, 7) is -0.331. The minimum absolute atomic E-state index is 0.0735. The Balaban J connectivity index is 2.01. The predicted octanol–water partition coefficient (Wildman–Crippen LogP) is 3.30. The third-order valence-electron chi connectivity index (χ3n) is 2.68. The summed E-state index contributed by atoms with van der Waals surface area (Å²) in [4.78, 5) is 11.8. The number of nitrogens with zero attached hydrogens (tertiary/aromatic N) is 1. The van der Waals surface area contributed by atoms with Gasteiger partial charge in [-0.25, -0.2) is 4.39 Å². The van der Waals surface area contributed by atoms with Gasteiger partial charge in [-0.2, -0.15) is 0 Å². The van der Waals surface area contributed by atoms with Gasteiger partial charge in [0.2, 0.25) is 0 Å². The van der Waals surface area contributed by atoms with E-state index < -0.39 is 11.7 Å². The van der Waals surface area contributed by atoms with E-state index in [0.717, 1.165) is 6.21 Å². The third kappa shape index (κ3) is 4.20. The van der Waals surface area contributed by atoms with Gasteiger partial charge in [-0.05, 0) is 30.3 Å². The number of anilines is 1. The first kappa shape index (κ1) is 15.8. The lowest BCUT2D eigenvalue weighted by atomic mass is 10.2. The van der Waals surface area contributed by atoms with Crippen LogP contribution in [0.2, 0.25) is 5.02 Å². The van der Waals surface area contributed by atoms with E-state index in [-0.39, 0.29) is 12.3 Å². The number of amides is 1. The highest BCUT2D eigenvalue weighted by Gasteiger charge is 2.09. The topological polar surface area (TPSA) is 70.9 Å². The molecule has 0 spiro atoms. The lowest BCUT2D eigenvalue weighted by molar-refractivity contribution is -0.118. The molecule has 0 atom stereocenters. The summed E-state index contributed by atoms with van der Waals surface area (Å²) >= 11 is 5.82. The molecule has 2 N–H and O–H groups in total. The molecule has 1 amide bonds. The van der Waals surface area contributed by atoms with Crippen LogP contribution in [0.3, 0.4) is 0 Å². The molecule has 5 nitrogen and oxygen atoms in total. The van der Waals surface area contributed by atoms with E-state index in [1.807, 2.05) is 0 Å². The second-order valence-electron chi connectivity index (χ2n) is 4.24. The Bertz CT molecular complexity index is 707. The number of ether oxygens (including phenoxy) is 1. The molecule has 2 aromatic rings. The summed E-state index contributed by atoms with van der Waals surface area (Å²) in [5, 5.41) is 14.3. The van der Waals surface area contributed by atoms with Crippen LogP contribution in [-0.2, 0) is 4.79 Å². The van der Waals surface area contributed by atoms with Gasteiger partial charge < -0.3 is 15.3 Å². The van der Waals surface area contributed by atoms with Gasteiger partial charge in [-0.1, -0.05) is 28.9 Å². The summed E-state index contributed by atoms with van der Waals surface area (Å²) in [6.07, 6.45) is 1.13. The molecule has 0 unspecified atom stereocenters. The van der Waals surface area contributed by atoms with Crippen molar-refractivity contribution in [3.05, 3.63) is 58.9 Å². The standard InChI is InChI=1S/C15H12ClFN2O3/c16-11-5-6-14(10(7-11)8-18-21)22-9-15(20)19-13-4-2-1-3-12(13)17/h1-8,21H,9H2,(H,19,20). The molecule has 0 saturated carbocycles. The van der Waals surface area contributed by atoms with Crippen LogP contribution in [0.15, 0.2) is 47.6 Å². The van der Waals surface area contributed by atoms with Crippen molar-refractivity contribution in [3.63, 3.8) is 0 Å². The van der Waals surface area contributed by atoms with Gasteiger partial charge in [-0.15, -0.1) is 0 Å². The molecule has 0 heterocycles. The van der Waals surface area contributed by atoms with Gasteiger partial charge in [0.05, 0.1) is 11.9 Å². The Labute approximate surface area is 131 Å². The number of nitrogens with one attached hydrogen (secondary N) is 1. The lowest BCUT2D eigenvalue weighted by Gasteiger charge is -2.10. The number of para-hydroxylation sites is 1. The fourth-order valence-corrected chi connectivity index (χ4v) is 1.89. The fraction of sp³-hybridized carbons (Fsp3) is 0.0667. The maximum atomic E-state index is 13.4. The van der Waals surface area contributed by atoms with Crippen LogP contribution in [0, 0.1) is 5.82 Å². The minimum Gasteiger partial charge on any atom is -0.483 e. The molecule has 0 aliphatic heterocycles. The molecule has 7 heteroatoms. The van der Waals surface area contributed by atoms with Crippen molar-refractivity contribution >= 4 is 29.4 Å². The smallest absolute Gasteiger partial charge is 0.262 e. The lowest BCUT2D eigenvalue weighted by Crippen LogP contribution is -2.21. The van der Waals surface area contributed by atoms with Gasteiger partial charge in [0, 0.05) is 10.6 Å². The molecule has 114 valence electrons. The fourth-order valence-electron chi connectivity index (χ4n) is 1.71. The molecule has 0 aromatic heterocycles. The predicted molar refractivity (Wildman–Crippen MR) is 81.4 cm³/mol. The van der Waals surface area contributed by atoms with E-state index in [9.17, 15) is 9.18 Å². The van der Waals surface area contributed by atoms with Gasteiger partial charge in [0.15, 0.2) is 6.61 Å². The number of halogens is 2. The zero-order chi connectivity index (χ0) is 15.9. The molecule has 2 aromatic carbocycles. The molecule has 22 heavy (non-hydrogen) atoms. The molecule has 0 aliphatic rings. The third-order valence-corrected chi connectivity index (χ3v) is 2.91. The van der Waals surface area contributed by atoms with Crippen molar-refractivity contribution < 1.29 is 19.1 Å². The summed E-state index contributed by atoms with van der Waals surface area (Å²) < 4.78 is 18.7. The highest BCUT2D eigenvalue weighted by atomic mass is 35.5. The number of rotatable bonds is 5. The van der Waals surface area contributed by atoms with Crippen LogP contribution in [-0.4, -0.2) is 23.9 Å². The Kier molecular flexibility index (Phi) is 5.32. The van der Waals surface area contributed by atoms with E-state index >= 15 is 0 Å². The number of carbonyl (C=O) groups excluding carboxylic acids is 1. The number of carbonyl (C=O) groups is 1. The maximum absolute atomic E-state index is 13.4. The normalized spacial score (nSPS) is 10.6. The zero-order valence-electron chi connectivity index (χ0n) is 11.3.